The van der Waals surface area contributed by atoms with Crippen LogP contribution in [0.3, 0.4) is 0 Å². The molecule has 2 N–H and O–H groups in total. The quantitative estimate of drug-likeness (QED) is 0.493. The Hall–Kier alpha value is -3.03. The fourth-order valence-electron chi connectivity index (χ4n) is 3.04. The number of carboxylic acid groups (broad SMARTS) is 1. The minimum Gasteiger partial charge on any atom is -0.481 e. The lowest BCUT2D eigenvalue weighted by Gasteiger charge is -2.16. The van der Waals surface area contributed by atoms with Crippen LogP contribution in [0, 0.1) is 6.92 Å². The number of aryl methyl sites for hydroxylation is 2. The third-order valence-electron chi connectivity index (χ3n) is 4.29. The predicted octanol–water partition coefficient (Wildman–Crippen LogP) is 1.93. The summed E-state index contributed by atoms with van der Waals surface area (Å²) < 4.78 is 1.85. The number of aromatic nitrogens is 4. The maximum atomic E-state index is 12.1. The van der Waals surface area contributed by atoms with Gasteiger partial charge in [0, 0.05) is 13.0 Å². The highest BCUT2D eigenvalue weighted by molar-refractivity contribution is 5.79. The van der Waals surface area contributed by atoms with E-state index in [4.69, 9.17) is 5.11 Å². The zero-order valence-electron chi connectivity index (χ0n) is 14.5. The van der Waals surface area contributed by atoms with E-state index in [1.54, 1.807) is 0 Å². The van der Waals surface area contributed by atoms with Gasteiger partial charge in [0.1, 0.15) is 0 Å². The number of fused-ring (bicyclic) bond motifs is 2. The van der Waals surface area contributed by atoms with Crippen molar-refractivity contribution in [2.24, 2.45) is 0 Å². The Balaban J connectivity index is 1.94. The van der Waals surface area contributed by atoms with E-state index in [1.165, 1.54) is 0 Å². The fourth-order valence-corrected chi connectivity index (χ4v) is 3.04. The lowest BCUT2D eigenvalue weighted by atomic mass is 10.1. The number of carboxylic acids is 1. The lowest BCUT2D eigenvalue weighted by molar-refractivity contribution is -0.137. The highest BCUT2D eigenvalue weighted by Gasteiger charge is 2.18. The van der Waals surface area contributed by atoms with Crippen molar-refractivity contribution in [2.45, 2.75) is 45.6 Å². The fraction of sp³-hybridized carbons (Fsp3) is 0.389. The van der Waals surface area contributed by atoms with Crippen molar-refractivity contribution in [3.63, 3.8) is 0 Å². The second-order valence-corrected chi connectivity index (χ2v) is 6.36. The number of benzene rings is 1. The normalized spacial score (nSPS) is 11.3. The Bertz CT molecular complexity index is 1040. The summed E-state index contributed by atoms with van der Waals surface area (Å²) in [5.74, 6) is -0.507. The van der Waals surface area contributed by atoms with Gasteiger partial charge in [-0.3, -0.25) is 14.6 Å². The van der Waals surface area contributed by atoms with Gasteiger partial charge in [-0.25, -0.2) is 9.78 Å². The highest BCUT2D eigenvalue weighted by atomic mass is 16.4. The van der Waals surface area contributed by atoms with E-state index in [-0.39, 0.29) is 17.9 Å². The van der Waals surface area contributed by atoms with E-state index < -0.39 is 17.2 Å². The second-order valence-electron chi connectivity index (χ2n) is 6.36. The molecule has 0 unspecified atom stereocenters. The van der Waals surface area contributed by atoms with Gasteiger partial charge in [0.15, 0.2) is 11.5 Å². The predicted molar refractivity (Wildman–Crippen MR) is 96.5 cm³/mol. The molecule has 26 heavy (non-hydrogen) atoms. The van der Waals surface area contributed by atoms with Crippen LogP contribution in [0.5, 0.6) is 0 Å². The summed E-state index contributed by atoms with van der Waals surface area (Å²) in [5.41, 5.74) is 1.42. The molecule has 3 rings (SSSR count). The summed E-state index contributed by atoms with van der Waals surface area (Å²) >= 11 is 0. The zero-order valence-corrected chi connectivity index (χ0v) is 14.5. The molecular weight excluding hydrogens is 336 g/mol. The van der Waals surface area contributed by atoms with Gasteiger partial charge >= 0.3 is 11.7 Å². The summed E-state index contributed by atoms with van der Waals surface area (Å²) in [6.07, 6.45) is 3.26. The van der Waals surface area contributed by atoms with E-state index in [0.717, 1.165) is 30.3 Å². The zero-order chi connectivity index (χ0) is 18.7. The summed E-state index contributed by atoms with van der Waals surface area (Å²) in [5, 5.41) is 8.68. The topological polar surface area (TPSA) is 118 Å². The van der Waals surface area contributed by atoms with E-state index in [9.17, 15) is 14.4 Å². The first kappa shape index (κ1) is 17.8. The molecule has 136 valence electrons. The van der Waals surface area contributed by atoms with Crippen molar-refractivity contribution >= 4 is 17.0 Å². The van der Waals surface area contributed by atoms with Crippen molar-refractivity contribution in [1.29, 1.82) is 0 Å². The molecule has 8 nitrogen and oxygen atoms in total. The smallest absolute Gasteiger partial charge is 0.349 e. The molecule has 0 bridgehead atoms. The van der Waals surface area contributed by atoms with Gasteiger partial charge in [-0.15, -0.1) is 0 Å². The number of carbonyl (C=O) groups is 1. The largest absolute Gasteiger partial charge is 0.481 e. The molecular formula is C18H20N4O4. The van der Waals surface area contributed by atoms with Crippen molar-refractivity contribution < 1.29 is 9.90 Å². The number of nitrogens with zero attached hydrogens (tertiary/aromatic N) is 3. The molecule has 2 heterocycles. The number of unbranched alkanes of at least 4 members (excludes halogenated alkanes) is 3. The molecule has 0 saturated carbocycles. The van der Waals surface area contributed by atoms with Gasteiger partial charge in [0.25, 0.3) is 5.56 Å². The van der Waals surface area contributed by atoms with Gasteiger partial charge in [0.2, 0.25) is 0 Å². The molecule has 8 heteroatoms. The summed E-state index contributed by atoms with van der Waals surface area (Å²) in [6.45, 7) is 2.52. The molecule has 2 aliphatic rings. The van der Waals surface area contributed by atoms with Crippen LogP contribution in [0.2, 0.25) is 0 Å². The van der Waals surface area contributed by atoms with Crippen LogP contribution in [-0.2, 0) is 11.3 Å². The molecule has 0 radical (unpaired) electrons. The van der Waals surface area contributed by atoms with Gasteiger partial charge in [-0.05, 0) is 37.5 Å². The summed E-state index contributed by atoms with van der Waals surface area (Å²) in [7, 11) is 0. The first-order valence-electron chi connectivity index (χ1n) is 8.59. The Kier molecular flexibility index (Phi) is 5.11. The number of nitrogens with one attached hydrogen (secondary N) is 1. The first-order valence-corrected chi connectivity index (χ1v) is 8.59. The van der Waals surface area contributed by atoms with Crippen LogP contribution in [-0.4, -0.2) is 30.6 Å². The van der Waals surface area contributed by atoms with Crippen molar-refractivity contribution in [2.75, 3.05) is 0 Å². The number of aliphatic carboxylic acids is 1. The number of hydrogen-bond acceptors (Lipinski definition) is 5. The SMILES string of the molecule is Cc1ccc2c(c1)nc1c(=O)[nH]c(=O)nc-1n2CCCCCCC(=O)O. The average Bonchev–Trinajstić information content (AvgIpc) is 2.57. The van der Waals surface area contributed by atoms with E-state index in [2.05, 4.69) is 15.0 Å². The minimum absolute atomic E-state index is 0.147. The Morgan fingerprint density at radius 2 is 1.92 bits per heavy atom. The third-order valence-corrected chi connectivity index (χ3v) is 4.29. The van der Waals surface area contributed by atoms with Crippen LogP contribution in [0.25, 0.3) is 22.6 Å². The van der Waals surface area contributed by atoms with Gasteiger partial charge in [-0.1, -0.05) is 18.9 Å². The highest BCUT2D eigenvalue weighted by Crippen LogP contribution is 2.22. The van der Waals surface area contributed by atoms with Crippen molar-refractivity contribution in [3.05, 3.63) is 44.6 Å². The molecule has 1 aromatic rings. The summed E-state index contributed by atoms with van der Waals surface area (Å²) in [4.78, 5) is 44.9. The Morgan fingerprint density at radius 3 is 2.69 bits per heavy atom. The Labute approximate surface area is 148 Å². The molecule has 2 aliphatic heterocycles. The summed E-state index contributed by atoms with van der Waals surface area (Å²) in [6, 6.07) is 5.75. The average molecular weight is 356 g/mol. The second kappa shape index (κ2) is 7.47. The number of aromatic amines is 1. The molecule has 0 saturated heterocycles. The van der Waals surface area contributed by atoms with Crippen LogP contribution in [0.15, 0.2) is 27.8 Å². The first-order chi connectivity index (χ1) is 12.5. The molecule has 0 spiro atoms. The standard InChI is InChI=1S/C18H20N4O4/c1-11-7-8-13-12(10-11)19-15-16(20-18(26)21-17(15)25)22(13)9-5-3-2-4-6-14(23)24/h7-8,10H,2-6,9H2,1H3,(H,23,24)(H,21,25,26). The molecule has 0 amide bonds. The molecule has 0 aliphatic carbocycles. The van der Waals surface area contributed by atoms with Crippen molar-refractivity contribution in [3.8, 4) is 11.5 Å². The Morgan fingerprint density at radius 1 is 1.15 bits per heavy atom. The van der Waals surface area contributed by atoms with E-state index >= 15 is 0 Å². The van der Waals surface area contributed by atoms with E-state index in [0.29, 0.717) is 18.5 Å². The van der Waals surface area contributed by atoms with Crippen LogP contribution in [0.1, 0.15) is 37.7 Å². The molecule has 0 fully saturated rings. The van der Waals surface area contributed by atoms with Gasteiger partial charge in [-0.2, -0.15) is 4.98 Å². The number of H-pyrrole nitrogens is 1. The maximum Gasteiger partial charge on any atom is 0.349 e. The maximum absolute atomic E-state index is 12.1. The molecule has 0 aromatic heterocycles. The van der Waals surface area contributed by atoms with Crippen molar-refractivity contribution in [1.82, 2.24) is 19.5 Å². The van der Waals surface area contributed by atoms with Crippen LogP contribution in [0.4, 0.5) is 0 Å². The lowest BCUT2D eigenvalue weighted by Crippen LogP contribution is -2.28. The number of rotatable bonds is 7. The third kappa shape index (κ3) is 3.79. The minimum atomic E-state index is -0.785. The van der Waals surface area contributed by atoms with E-state index in [1.807, 2.05) is 29.7 Å². The monoisotopic (exact) mass is 356 g/mol. The number of hydrogen-bond donors (Lipinski definition) is 2. The van der Waals surface area contributed by atoms with Crippen LogP contribution >= 0.6 is 0 Å². The van der Waals surface area contributed by atoms with Crippen LogP contribution < -0.4 is 11.2 Å². The molecule has 0 atom stereocenters. The van der Waals surface area contributed by atoms with Gasteiger partial charge in [0.05, 0.1) is 11.0 Å². The molecule has 1 aromatic carbocycles. The van der Waals surface area contributed by atoms with Gasteiger partial charge < -0.3 is 9.67 Å².